The third-order valence-corrected chi connectivity index (χ3v) is 2.04. The maximum Gasteiger partial charge on any atom is 2.00 e. The number of hydrogen-bond donors (Lipinski definition) is 2. The predicted octanol–water partition coefficient (Wildman–Crippen LogP) is 0.258. The number of para-hydroxylation sites is 1. The summed E-state index contributed by atoms with van der Waals surface area (Å²) in [6, 6.07) is 5.17. The Morgan fingerprint density at radius 1 is 1.17 bits per heavy atom. The van der Waals surface area contributed by atoms with Gasteiger partial charge in [0.1, 0.15) is 10.6 Å². The van der Waals surface area contributed by atoms with Gasteiger partial charge in [-0.1, -0.05) is 12.1 Å². The van der Waals surface area contributed by atoms with Gasteiger partial charge in [0.2, 0.25) is 0 Å². The molecule has 0 aliphatic carbocycles. The summed E-state index contributed by atoms with van der Waals surface area (Å²) in [5.74, 6) is -0.449. The first-order chi connectivity index (χ1) is 5.02. The second-order valence-corrected chi connectivity index (χ2v) is 3.33. The van der Waals surface area contributed by atoms with E-state index in [-0.39, 0.29) is 48.9 Å². The van der Waals surface area contributed by atoms with E-state index < -0.39 is 20.8 Å². The Balaban J connectivity index is 0.00000121. The Morgan fingerprint density at radius 2 is 1.67 bits per heavy atom. The topological polar surface area (TPSA) is 74.6 Å². The van der Waals surface area contributed by atoms with Crippen LogP contribution in [0.3, 0.4) is 0 Å². The summed E-state index contributed by atoms with van der Waals surface area (Å²) in [6.07, 6.45) is 0. The van der Waals surface area contributed by atoms with Crippen LogP contribution in [0.1, 0.15) is 0 Å². The molecule has 0 radical (unpaired) electrons. The van der Waals surface area contributed by atoms with E-state index in [0.717, 1.165) is 6.07 Å². The van der Waals surface area contributed by atoms with Gasteiger partial charge in [0, 0.05) is 0 Å². The number of phenolic OH excluding ortho intramolecular Hbond substituents is 1. The molecule has 1 rings (SSSR count). The molecule has 0 saturated heterocycles. The maximum atomic E-state index is 10.4. The summed E-state index contributed by atoms with van der Waals surface area (Å²) >= 11 is 0. The minimum absolute atomic E-state index is 0. The van der Waals surface area contributed by atoms with E-state index in [1.54, 1.807) is 0 Å². The standard InChI is InChI=1S/C6H6O4S.Ba/c7-5-3-1-2-4-6(5)11(8,9)10;/h1-4,7H,(H,8,9,10);/q;+2. The van der Waals surface area contributed by atoms with Crippen molar-refractivity contribution >= 4 is 59.0 Å². The minimum Gasteiger partial charge on any atom is -0.506 e. The molecule has 0 amide bonds. The number of hydrogen-bond acceptors (Lipinski definition) is 3. The predicted molar refractivity (Wildman–Crippen MR) is 43.7 cm³/mol. The van der Waals surface area contributed by atoms with Crippen molar-refractivity contribution in [1.82, 2.24) is 0 Å². The zero-order valence-electron chi connectivity index (χ0n) is 6.14. The Bertz CT molecular complexity index is 360. The number of benzene rings is 1. The average Bonchev–Trinajstić information content (AvgIpc) is 1.86. The van der Waals surface area contributed by atoms with Crippen LogP contribution in [0.15, 0.2) is 29.2 Å². The molecule has 60 valence electrons. The van der Waals surface area contributed by atoms with Gasteiger partial charge in [-0.25, -0.2) is 0 Å². The van der Waals surface area contributed by atoms with Gasteiger partial charge in [-0.2, -0.15) is 8.42 Å². The summed E-state index contributed by atoms with van der Waals surface area (Å²) in [7, 11) is -4.28. The van der Waals surface area contributed by atoms with E-state index in [0.29, 0.717) is 0 Å². The van der Waals surface area contributed by atoms with Crippen molar-refractivity contribution in [1.29, 1.82) is 0 Å². The van der Waals surface area contributed by atoms with Gasteiger partial charge in [0.25, 0.3) is 10.1 Å². The molecule has 12 heavy (non-hydrogen) atoms. The molecule has 0 saturated carbocycles. The molecule has 0 aliphatic rings. The first kappa shape index (κ1) is 12.5. The van der Waals surface area contributed by atoms with E-state index in [1.165, 1.54) is 18.2 Å². The van der Waals surface area contributed by atoms with Crippen molar-refractivity contribution < 1.29 is 18.1 Å². The van der Waals surface area contributed by atoms with Gasteiger partial charge in [-0.05, 0) is 12.1 Å². The van der Waals surface area contributed by atoms with Crippen molar-refractivity contribution in [3.8, 4) is 5.75 Å². The fraction of sp³-hybridized carbons (Fsp3) is 0. The molecular formula is C6H6BaO4S+2. The quantitative estimate of drug-likeness (QED) is 0.576. The van der Waals surface area contributed by atoms with E-state index in [2.05, 4.69) is 0 Å². The molecule has 0 aliphatic heterocycles. The van der Waals surface area contributed by atoms with E-state index in [4.69, 9.17) is 9.66 Å². The van der Waals surface area contributed by atoms with Crippen LogP contribution >= 0.6 is 0 Å². The fourth-order valence-electron chi connectivity index (χ4n) is 0.675. The van der Waals surface area contributed by atoms with Crippen molar-refractivity contribution in [3.05, 3.63) is 24.3 Å². The Hall–Kier alpha value is 0.501. The summed E-state index contributed by atoms with van der Waals surface area (Å²) in [4.78, 5) is -0.472. The molecule has 0 atom stereocenters. The van der Waals surface area contributed by atoms with Gasteiger partial charge in [0.05, 0.1) is 0 Å². The molecule has 0 aromatic heterocycles. The second-order valence-electron chi connectivity index (χ2n) is 1.94. The molecule has 6 heteroatoms. The van der Waals surface area contributed by atoms with Crippen LogP contribution in [0.2, 0.25) is 0 Å². The van der Waals surface area contributed by atoms with Crippen molar-refractivity contribution in [2.45, 2.75) is 4.90 Å². The summed E-state index contributed by atoms with van der Waals surface area (Å²) in [6.45, 7) is 0. The average molecular weight is 312 g/mol. The monoisotopic (exact) mass is 312 g/mol. The van der Waals surface area contributed by atoms with Crippen LogP contribution in [0.5, 0.6) is 5.75 Å². The molecule has 1 aromatic rings. The largest absolute Gasteiger partial charge is 2.00 e. The molecule has 1 aromatic carbocycles. The van der Waals surface area contributed by atoms with Crippen LogP contribution in [0, 0.1) is 0 Å². The zero-order chi connectivity index (χ0) is 8.48. The summed E-state index contributed by atoms with van der Waals surface area (Å²) in [5, 5.41) is 8.91. The van der Waals surface area contributed by atoms with Crippen LogP contribution in [0.25, 0.3) is 0 Å². The molecule has 4 nitrogen and oxygen atoms in total. The van der Waals surface area contributed by atoms with Gasteiger partial charge < -0.3 is 5.11 Å². The number of rotatable bonds is 1. The summed E-state index contributed by atoms with van der Waals surface area (Å²) < 4.78 is 29.4. The van der Waals surface area contributed by atoms with Crippen molar-refractivity contribution in [2.75, 3.05) is 0 Å². The fourth-order valence-corrected chi connectivity index (χ4v) is 1.26. The smallest absolute Gasteiger partial charge is 0.506 e. The van der Waals surface area contributed by atoms with Crippen molar-refractivity contribution in [3.63, 3.8) is 0 Å². The maximum absolute atomic E-state index is 10.4. The summed E-state index contributed by atoms with van der Waals surface area (Å²) in [5.41, 5.74) is 0. The van der Waals surface area contributed by atoms with Crippen molar-refractivity contribution in [2.24, 2.45) is 0 Å². The van der Waals surface area contributed by atoms with E-state index in [1.807, 2.05) is 0 Å². The van der Waals surface area contributed by atoms with E-state index in [9.17, 15) is 8.42 Å². The molecular weight excluding hydrogens is 305 g/mol. The van der Waals surface area contributed by atoms with Crippen LogP contribution < -0.4 is 0 Å². The molecule has 0 unspecified atom stereocenters. The van der Waals surface area contributed by atoms with Gasteiger partial charge in [0.15, 0.2) is 0 Å². The van der Waals surface area contributed by atoms with E-state index >= 15 is 0 Å². The Morgan fingerprint density at radius 3 is 2.00 bits per heavy atom. The minimum atomic E-state index is -4.28. The van der Waals surface area contributed by atoms with Crippen LogP contribution in [0.4, 0.5) is 0 Å². The molecule has 0 fully saturated rings. The first-order valence-electron chi connectivity index (χ1n) is 2.77. The SMILES string of the molecule is O=S(=O)(O)c1ccccc1O.[Ba+2]. The second kappa shape index (κ2) is 4.66. The molecule has 0 bridgehead atoms. The van der Waals surface area contributed by atoms with Crippen LogP contribution in [-0.2, 0) is 10.1 Å². The molecule has 2 N–H and O–H groups in total. The third kappa shape index (κ3) is 3.10. The van der Waals surface area contributed by atoms with Gasteiger partial charge in [-0.3, -0.25) is 4.55 Å². The molecule has 0 spiro atoms. The zero-order valence-corrected chi connectivity index (χ0v) is 11.4. The number of aromatic hydroxyl groups is 1. The third-order valence-electron chi connectivity index (χ3n) is 1.14. The Labute approximate surface area is 110 Å². The normalized spacial score (nSPS) is 10.4. The van der Waals surface area contributed by atoms with Crippen LogP contribution in [-0.4, -0.2) is 67.0 Å². The Kier molecular flexibility index (Phi) is 4.85. The first-order valence-corrected chi connectivity index (χ1v) is 4.21. The number of phenols is 1. The van der Waals surface area contributed by atoms with Gasteiger partial charge in [-0.15, -0.1) is 0 Å². The molecule has 0 heterocycles. The van der Waals surface area contributed by atoms with Gasteiger partial charge >= 0.3 is 48.9 Å².